The van der Waals surface area contributed by atoms with Gasteiger partial charge >= 0.3 is 6.09 Å². The SMILES string of the molecule is CC(C)(C)OC(=O)NCC(=O)c1ccc(-c2ccccc2)cc1. The second-order valence-electron chi connectivity index (χ2n) is 6.22. The average Bonchev–Trinajstić information content (AvgIpc) is 2.52. The Bertz CT molecular complexity index is 670. The number of ketones is 1. The zero-order chi connectivity index (χ0) is 16.9. The molecule has 1 amide bonds. The van der Waals surface area contributed by atoms with E-state index in [2.05, 4.69) is 5.32 Å². The molecule has 2 rings (SSSR count). The van der Waals surface area contributed by atoms with E-state index in [1.807, 2.05) is 42.5 Å². The lowest BCUT2D eigenvalue weighted by molar-refractivity contribution is 0.0520. The predicted molar refractivity (Wildman–Crippen MR) is 90.4 cm³/mol. The van der Waals surface area contributed by atoms with Gasteiger partial charge in [-0.05, 0) is 31.9 Å². The highest BCUT2D eigenvalue weighted by Crippen LogP contribution is 2.19. The molecule has 2 aromatic rings. The van der Waals surface area contributed by atoms with Crippen LogP contribution in [-0.4, -0.2) is 24.0 Å². The molecule has 0 bridgehead atoms. The summed E-state index contributed by atoms with van der Waals surface area (Å²) in [5, 5.41) is 2.47. The van der Waals surface area contributed by atoms with Crippen LogP contribution in [0.5, 0.6) is 0 Å². The van der Waals surface area contributed by atoms with Crippen LogP contribution in [-0.2, 0) is 4.74 Å². The molecule has 0 atom stereocenters. The van der Waals surface area contributed by atoms with Gasteiger partial charge in [-0.15, -0.1) is 0 Å². The number of hydrogen-bond donors (Lipinski definition) is 1. The van der Waals surface area contributed by atoms with Gasteiger partial charge in [-0.1, -0.05) is 54.6 Å². The van der Waals surface area contributed by atoms with Crippen LogP contribution >= 0.6 is 0 Å². The molecule has 0 aliphatic heterocycles. The van der Waals surface area contributed by atoms with Crippen LogP contribution in [0.15, 0.2) is 54.6 Å². The van der Waals surface area contributed by atoms with Crippen LogP contribution in [0.25, 0.3) is 11.1 Å². The van der Waals surface area contributed by atoms with Crippen molar-refractivity contribution in [2.45, 2.75) is 26.4 Å². The summed E-state index contributed by atoms with van der Waals surface area (Å²) in [7, 11) is 0. The first-order chi connectivity index (χ1) is 10.8. The van der Waals surface area contributed by atoms with Crippen molar-refractivity contribution in [3.63, 3.8) is 0 Å². The van der Waals surface area contributed by atoms with Gasteiger partial charge in [0.1, 0.15) is 5.60 Å². The molecule has 120 valence electrons. The number of Topliss-reactive ketones (excluding diaryl/α,β-unsaturated/α-hetero) is 1. The maximum atomic E-state index is 12.1. The zero-order valence-electron chi connectivity index (χ0n) is 13.6. The molecule has 0 radical (unpaired) electrons. The second-order valence-corrected chi connectivity index (χ2v) is 6.22. The lowest BCUT2D eigenvalue weighted by atomic mass is 10.0. The van der Waals surface area contributed by atoms with E-state index < -0.39 is 11.7 Å². The van der Waals surface area contributed by atoms with Crippen LogP contribution in [0.2, 0.25) is 0 Å². The maximum absolute atomic E-state index is 12.1. The van der Waals surface area contributed by atoms with E-state index in [-0.39, 0.29) is 12.3 Å². The van der Waals surface area contributed by atoms with E-state index in [1.165, 1.54) is 0 Å². The fraction of sp³-hybridized carbons (Fsp3) is 0.263. The fourth-order valence-corrected chi connectivity index (χ4v) is 2.05. The number of carbonyl (C=O) groups is 2. The Labute approximate surface area is 136 Å². The monoisotopic (exact) mass is 311 g/mol. The van der Waals surface area contributed by atoms with Crippen molar-refractivity contribution >= 4 is 11.9 Å². The van der Waals surface area contributed by atoms with Crippen LogP contribution < -0.4 is 5.32 Å². The topological polar surface area (TPSA) is 55.4 Å². The summed E-state index contributed by atoms with van der Waals surface area (Å²) in [6.45, 7) is 5.24. The van der Waals surface area contributed by atoms with Crippen molar-refractivity contribution in [1.82, 2.24) is 5.32 Å². The van der Waals surface area contributed by atoms with E-state index in [0.717, 1.165) is 11.1 Å². The van der Waals surface area contributed by atoms with E-state index in [0.29, 0.717) is 5.56 Å². The van der Waals surface area contributed by atoms with E-state index >= 15 is 0 Å². The number of amides is 1. The Kier molecular flexibility index (Phi) is 5.16. The molecule has 0 aliphatic rings. The standard InChI is InChI=1S/C19H21NO3/c1-19(2,3)23-18(22)20-13-17(21)16-11-9-15(10-12-16)14-7-5-4-6-8-14/h4-12H,13H2,1-3H3,(H,20,22). The molecule has 0 saturated heterocycles. The third kappa shape index (κ3) is 5.25. The summed E-state index contributed by atoms with van der Waals surface area (Å²) in [6, 6.07) is 17.3. The average molecular weight is 311 g/mol. The van der Waals surface area contributed by atoms with Gasteiger partial charge in [0.25, 0.3) is 0 Å². The lowest BCUT2D eigenvalue weighted by Gasteiger charge is -2.19. The first-order valence-corrected chi connectivity index (χ1v) is 7.51. The van der Waals surface area contributed by atoms with Crippen LogP contribution in [0.1, 0.15) is 31.1 Å². The molecule has 0 unspecified atom stereocenters. The Morgan fingerprint density at radius 1 is 0.913 bits per heavy atom. The number of nitrogens with one attached hydrogen (secondary N) is 1. The summed E-state index contributed by atoms with van der Waals surface area (Å²) in [5.41, 5.74) is 2.12. The summed E-state index contributed by atoms with van der Waals surface area (Å²) in [5.74, 6) is -0.157. The highest BCUT2D eigenvalue weighted by molar-refractivity contribution is 5.99. The first kappa shape index (κ1) is 16.7. The van der Waals surface area contributed by atoms with Crippen LogP contribution in [0, 0.1) is 0 Å². The van der Waals surface area contributed by atoms with Gasteiger partial charge in [-0.2, -0.15) is 0 Å². The normalized spacial score (nSPS) is 10.9. The number of carbonyl (C=O) groups excluding carboxylic acids is 2. The van der Waals surface area contributed by atoms with Crippen molar-refractivity contribution in [2.75, 3.05) is 6.54 Å². The minimum atomic E-state index is -0.591. The number of alkyl carbamates (subject to hydrolysis) is 1. The number of hydrogen-bond acceptors (Lipinski definition) is 3. The Morgan fingerprint density at radius 2 is 1.48 bits per heavy atom. The molecule has 2 aromatic carbocycles. The van der Waals surface area contributed by atoms with E-state index in [1.54, 1.807) is 32.9 Å². The smallest absolute Gasteiger partial charge is 0.408 e. The van der Waals surface area contributed by atoms with Crippen molar-refractivity contribution in [3.8, 4) is 11.1 Å². The molecule has 0 aliphatic carbocycles. The molecule has 0 aromatic heterocycles. The minimum absolute atomic E-state index is 0.0837. The maximum Gasteiger partial charge on any atom is 0.408 e. The Morgan fingerprint density at radius 3 is 2.04 bits per heavy atom. The summed E-state index contributed by atoms with van der Waals surface area (Å²) >= 11 is 0. The number of ether oxygens (including phenoxy) is 1. The van der Waals surface area contributed by atoms with Gasteiger partial charge in [0, 0.05) is 5.56 Å². The van der Waals surface area contributed by atoms with Gasteiger partial charge in [0.15, 0.2) is 5.78 Å². The molecule has 0 spiro atoms. The van der Waals surface area contributed by atoms with Gasteiger partial charge < -0.3 is 10.1 Å². The van der Waals surface area contributed by atoms with Crippen molar-refractivity contribution in [2.24, 2.45) is 0 Å². The fourth-order valence-electron chi connectivity index (χ4n) is 2.05. The van der Waals surface area contributed by atoms with Crippen LogP contribution in [0.4, 0.5) is 4.79 Å². The molecular formula is C19H21NO3. The number of rotatable bonds is 4. The zero-order valence-corrected chi connectivity index (χ0v) is 13.6. The van der Waals surface area contributed by atoms with E-state index in [9.17, 15) is 9.59 Å². The highest BCUT2D eigenvalue weighted by atomic mass is 16.6. The first-order valence-electron chi connectivity index (χ1n) is 7.51. The van der Waals surface area contributed by atoms with Gasteiger partial charge in [-0.25, -0.2) is 4.79 Å². The lowest BCUT2D eigenvalue weighted by Crippen LogP contribution is -2.35. The molecular weight excluding hydrogens is 290 g/mol. The van der Waals surface area contributed by atoms with Crippen molar-refractivity contribution in [3.05, 3.63) is 60.2 Å². The number of benzene rings is 2. The summed E-state index contributed by atoms with van der Waals surface area (Å²) < 4.78 is 5.10. The molecule has 0 fully saturated rings. The molecule has 1 N–H and O–H groups in total. The van der Waals surface area contributed by atoms with Gasteiger partial charge in [-0.3, -0.25) is 4.79 Å². The highest BCUT2D eigenvalue weighted by Gasteiger charge is 2.17. The van der Waals surface area contributed by atoms with Crippen molar-refractivity contribution in [1.29, 1.82) is 0 Å². The predicted octanol–water partition coefficient (Wildman–Crippen LogP) is 4.06. The third-order valence-electron chi connectivity index (χ3n) is 3.11. The van der Waals surface area contributed by atoms with Crippen LogP contribution in [0.3, 0.4) is 0 Å². The largest absolute Gasteiger partial charge is 0.444 e. The molecule has 23 heavy (non-hydrogen) atoms. The second kappa shape index (κ2) is 7.09. The molecule has 0 saturated carbocycles. The minimum Gasteiger partial charge on any atom is -0.444 e. The molecule has 0 heterocycles. The third-order valence-corrected chi connectivity index (χ3v) is 3.11. The van der Waals surface area contributed by atoms with Gasteiger partial charge in [0.05, 0.1) is 6.54 Å². The quantitative estimate of drug-likeness (QED) is 0.866. The van der Waals surface area contributed by atoms with Crippen molar-refractivity contribution < 1.29 is 14.3 Å². The summed E-state index contributed by atoms with van der Waals surface area (Å²) in [6.07, 6.45) is -0.591. The molecule has 4 nitrogen and oxygen atoms in total. The summed E-state index contributed by atoms with van der Waals surface area (Å²) in [4.78, 5) is 23.6. The van der Waals surface area contributed by atoms with Gasteiger partial charge in [0.2, 0.25) is 0 Å². The Balaban J connectivity index is 1.94. The Hall–Kier alpha value is -2.62. The van der Waals surface area contributed by atoms with E-state index in [4.69, 9.17) is 4.74 Å². The molecule has 4 heteroatoms.